The molecule has 34 heavy (non-hydrogen) atoms. The molecule has 1 aromatic heterocycles. The number of oxazole rings is 1. The first-order valence-electron chi connectivity index (χ1n) is 11.4. The number of rotatable bonds is 7. The number of aromatic nitrogens is 1. The van der Waals surface area contributed by atoms with E-state index in [4.69, 9.17) is 4.42 Å². The second-order valence-electron chi connectivity index (χ2n) is 8.83. The number of carboxylic acid groups (broad SMARTS) is 1. The Morgan fingerprint density at radius 1 is 1.12 bits per heavy atom. The molecule has 4 rings (SSSR count). The molecule has 1 atom stereocenters. The van der Waals surface area contributed by atoms with Crippen LogP contribution in [-0.4, -0.2) is 64.6 Å². The zero-order valence-electron chi connectivity index (χ0n) is 19.7. The maximum absolute atomic E-state index is 12.6. The second kappa shape index (κ2) is 9.44. The van der Waals surface area contributed by atoms with Crippen molar-refractivity contribution >= 4 is 23.0 Å². The zero-order valence-corrected chi connectivity index (χ0v) is 19.7. The van der Waals surface area contributed by atoms with Gasteiger partial charge in [-0.1, -0.05) is 31.2 Å². The third-order valence-corrected chi connectivity index (χ3v) is 6.69. The van der Waals surface area contributed by atoms with E-state index in [-0.39, 0.29) is 12.3 Å². The fourth-order valence-corrected chi connectivity index (χ4v) is 4.76. The summed E-state index contributed by atoms with van der Waals surface area (Å²) in [6, 6.07) is 12.6. The maximum Gasteiger partial charge on any atom is 0.420 e. The average Bonchev–Trinajstić information content (AvgIpc) is 3.12. The minimum atomic E-state index is -1.08. The van der Waals surface area contributed by atoms with E-state index in [1.165, 1.54) is 11.5 Å². The van der Waals surface area contributed by atoms with Gasteiger partial charge in [0, 0.05) is 31.7 Å². The number of carbonyl (C=O) groups is 2. The van der Waals surface area contributed by atoms with Crippen LogP contribution in [0.3, 0.4) is 0 Å². The van der Waals surface area contributed by atoms with Gasteiger partial charge < -0.3 is 14.4 Å². The lowest BCUT2D eigenvalue weighted by atomic mass is 9.92. The Morgan fingerprint density at radius 3 is 2.50 bits per heavy atom. The van der Waals surface area contributed by atoms with E-state index in [9.17, 15) is 19.5 Å². The monoisotopic (exact) mass is 466 g/mol. The minimum Gasteiger partial charge on any atom is -0.465 e. The lowest BCUT2D eigenvalue weighted by Crippen LogP contribution is -2.62. The van der Waals surface area contributed by atoms with Crippen molar-refractivity contribution in [3.05, 3.63) is 69.7 Å². The van der Waals surface area contributed by atoms with Crippen molar-refractivity contribution in [1.29, 1.82) is 0 Å². The number of hydrogen-bond donors (Lipinski definition) is 2. The molecule has 2 N–H and O–H groups in total. The number of carbonyl (C=O) groups excluding carboxylic acids is 1. The summed E-state index contributed by atoms with van der Waals surface area (Å²) >= 11 is 0. The summed E-state index contributed by atoms with van der Waals surface area (Å²) in [6.07, 6.45) is -0.529. The van der Waals surface area contributed by atoms with E-state index in [0.29, 0.717) is 23.1 Å². The Morgan fingerprint density at radius 2 is 1.85 bits per heavy atom. The number of likely N-dealkylation sites (N-methyl/N-ethyl adjacent to an activating group) is 1. The van der Waals surface area contributed by atoms with Gasteiger partial charge in [0.2, 0.25) is 0 Å². The average molecular weight is 467 g/mol. The topological polar surface area (TPSA) is 108 Å². The third-order valence-electron chi connectivity index (χ3n) is 6.69. The van der Waals surface area contributed by atoms with Gasteiger partial charge in [0.05, 0.1) is 12.1 Å². The molecule has 0 aliphatic carbocycles. The summed E-state index contributed by atoms with van der Waals surface area (Å²) in [5.41, 5.74) is 2.25. The molecule has 1 aliphatic rings. The fraction of sp³-hybridized carbons (Fsp3) is 0.400. The minimum absolute atomic E-state index is 0.101. The largest absolute Gasteiger partial charge is 0.465 e. The molecule has 1 fully saturated rings. The van der Waals surface area contributed by atoms with Crippen LogP contribution < -0.4 is 11.1 Å². The molecule has 180 valence electrons. The highest BCUT2D eigenvalue weighted by molar-refractivity contribution is 5.96. The fourth-order valence-electron chi connectivity index (χ4n) is 4.76. The molecule has 0 saturated carbocycles. The van der Waals surface area contributed by atoms with Gasteiger partial charge in [-0.05, 0) is 49.7 Å². The highest BCUT2D eigenvalue weighted by atomic mass is 16.4. The van der Waals surface area contributed by atoms with Gasteiger partial charge in [-0.2, -0.15) is 0 Å². The Labute approximate surface area is 197 Å². The number of benzene rings is 2. The van der Waals surface area contributed by atoms with Crippen molar-refractivity contribution in [2.75, 3.05) is 33.2 Å². The molecule has 2 heterocycles. The molecule has 9 heteroatoms. The smallest absolute Gasteiger partial charge is 0.420 e. The predicted molar refractivity (Wildman–Crippen MR) is 128 cm³/mol. The Bertz CT molecular complexity index is 1270. The first-order valence-corrected chi connectivity index (χ1v) is 11.4. The van der Waals surface area contributed by atoms with Gasteiger partial charge in [-0.15, -0.1) is 0 Å². The number of Topliss-reactive ketones (excluding diaryl/α,β-unsaturated/α-hetero) is 1. The summed E-state index contributed by atoms with van der Waals surface area (Å²) < 4.78 is 6.91. The van der Waals surface area contributed by atoms with Gasteiger partial charge >= 0.3 is 11.8 Å². The normalized spacial score (nSPS) is 16.9. The Balaban J connectivity index is 1.71. The lowest BCUT2D eigenvalue weighted by molar-refractivity contribution is 0.0111. The number of piperazine rings is 1. The first kappa shape index (κ1) is 23.7. The third kappa shape index (κ3) is 4.49. The molecule has 1 unspecified atom stereocenters. The van der Waals surface area contributed by atoms with Crippen LogP contribution in [0.2, 0.25) is 0 Å². The summed E-state index contributed by atoms with van der Waals surface area (Å²) in [4.78, 5) is 40.5. The number of nitrogens with one attached hydrogen (secondary N) is 1. The van der Waals surface area contributed by atoms with Crippen molar-refractivity contribution in [2.45, 2.75) is 32.5 Å². The van der Waals surface area contributed by atoms with E-state index in [1.807, 2.05) is 31.2 Å². The van der Waals surface area contributed by atoms with Crippen molar-refractivity contribution in [1.82, 2.24) is 19.7 Å². The maximum atomic E-state index is 12.6. The number of hydrogen-bond acceptors (Lipinski definition) is 6. The number of fused-ring (bicyclic) bond motifs is 1. The second-order valence-corrected chi connectivity index (χ2v) is 8.83. The van der Waals surface area contributed by atoms with Crippen LogP contribution in [-0.2, 0) is 12.2 Å². The van der Waals surface area contributed by atoms with Crippen molar-refractivity contribution < 1.29 is 19.1 Å². The van der Waals surface area contributed by atoms with Gasteiger partial charge in [0.1, 0.15) is 5.66 Å². The van der Waals surface area contributed by atoms with Gasteiger partial charge in [-0.25, -0.2) is 9.59 Å². The van der Waals surface area contributed by atoms with E-state index >= 15 is 0 Å². The van der Waals surface area contributed by atoms with Crippen LogP contribution in [0.15, 0.2) is 51.7 Å². The standard InChI is InChI=1S/C25H30N4O5/c1-4-25(26-23(31)32,28-12-10-27(3)11-13-28)20-7-5-6-18(14-20)16-29-21-9-8-19(17(2)30)15-22(21)34-24(29)33/h5-9,14-15,26H,4,10-13,16H2,1-3H3,(H,31,32). The molecule has 1 aliphatic heterocycles. The summed E-state index contributed by atoms with van der Waals surface area (Å²) in [5.74, 6) is -0.610. The predicted octanol–water partition coefficient (Wildman–Crippen LogP) is 2.92. The first-order chi connectivity index (χ1) is 16.2. The van der Waals surface area contributed by atoms with Crippen molar-refractivity contribution in [2.24, 2.45) is 0 Å². The molecule has 1 saturated heterocycles. The Hall–Kier alpha value is -3.43. The number of ketones is 1. The summed E-state index contributed by atoms with van der Waals surface area (Å²) in [6.45, 7) is 6.87. The van der Waals surface area contributed by atoms with Gasteiger partial charge in [-0.3, -0.25) is 19.6 Å². The molecular weight excluding hydrogens is 436 g/mol. The molecule has 1 amide bonds. The van der Waals surface area contributed by atoms with Crippen LogP contribution in [0.1, 0.15) is 41.8 Å². The van der Waals surface area contributed by atoms with Crippen LogP contribution in [0, 0.1) is 0 Å². The number of amides is 1. The number of nitrogens with zero attached hydrogens (tertiary/aromatic N) is 3. The highest BCUT2D eigenvalue weighted by Gasteiger charge is 2.40. The van der Waals surface area contributed by atoms with E-state index in [0.717, 1.165) is 37.3 Å². The highest BCUT2D eigenvalue weighted by Crippen LogP contribution is 2.31. The van der Waals surface area contributed by atoms with Crippen molar-refractivity contribution in [3.63, 3.8) is 0 Å². The van der Waals surface area contributed by atoms with Crippen LogP contribution >= 0.6 is 0 Å². The van der Waals surface area contributed by atoms with E-state index in [1.54, 1.807) is 18.2 Å². The van der Waals surface area contributed by atoms with Crippen LogP contribution in [0.5, 0.6) is 0 Å². The van der Waals surface area contributed by atoms with Crippen LogP contribution in [0.25, 0.3) is 11.1 Å². The quantitative estimate of drug-likeness (QED) is 0.516. The lowest BCUT2D eigenvalue weighted by Gasteiger charge is -2.47. The van der Waals surface area contributed by atoms with Crippen LogP contribution in [0.4, 0.5) is 4.79 Å². The molecular formula is C25H30N4O5. The molecule has 9 nitrogen and oxygen atoms in total. The van der Waals surface area contributed by atoms with Gasteiger partial charge in [0.15, 0.2) is 11.4 Å². The Kier molecular flexibility index (Phi) is 6.58. The molecule has 0 radical (unpaired) electrons. The summed E-state index contributed by atoms with van der Waals surface area (Å²) in [5, 5.41) is 12.5. The van der Waals surface area contributed by atoms with E-state index in [2.05, 4.69) is 22.2 Å². The molecule has 0 spiro atoms. The molecule has 0 bridgehead atoms. The zero-order chi connectivity index (χ0) is 24.5. The summed E-state index contributed by atoms with van der Waals surface area (Å²) in [7, 11) is 2.06. The van der Waals surface area contributed by atoms with Gasteiger partial charge in [0.25, 0.3) is 0 Å². The van der Waals surface area contributed by atoms with Crippen molar-refractivity contribution in [3.8, 4) is 0 Å². The van der Waals surface area contributed by atoms with E-state index < -0.39 is 17.5 Å². The SMILES string of the molecule is CCC(NC(=O)O)(c1cccc(Cn2c(=O)oc3cc(C(C)=O)ccc32)c1)N1CCN(C)CC1. The molecule has 3 aromatic rings. The molecule has 2 aromatic carbocycles.